The van der Waals surface area contributed by atoms with Crippen molar-refractivity contribution in [3.63, 3.8) is 0 Å². The average Bonchev–Trinajstić information content (AvgIpc) is 2.38. The minimum atomic E-state index is 0.194. The molecule has 0 unspecified atom stereocenters. The Labute approximate surface area is 123 Å². The molecule has 1 amide bonds. The summed E-state index contributed by atoms with van der Waals surface area (Å²) in [6, 6.07) is 7.96. The van der Waals surface area contributed by atoms with Gasteiger partial charge in [0.1, 0.15) is 0 Å². The van der Waals surface area contributed by atoms with E-state index in [4.69, 9.17) is 0 Å². The third kappa shape index (κ3) is 4.80. The summed E-state index contributed by atoms with van der Waals surface area (Å²) >= 11 is 2.26. The topological polar surface area (TPSA) is 20.3 Å². The zero-order valence-corrected chi connectivity index (χ0v) is 13.2. The van der Waals surface area contributed by atoms with Crippen LogP contribution in [-0.4, -0.2) is 13.0 Å². The SMILES string of the molecule is C/C=C/CCCCC(=O)N(C)c1ccccc1I. The zero-order valence-electron chi connectivity index (χ0n) is 11.0. The lowest BCUT2D eigenvalue weighted by molar-refractivity contribution is -0.118. The van der Waals surface area contributed by atoms with Crippen molar-refractivity contribution in [2.45, 2.75) is 32.6 Å². The highest BCUT2D eigenvalue weighted by Crippen LogP contribution is 2.21. The Morgan fingerprint density at radius 1 is 1.33 bits per heavy atom. The van der Waals surface area contributed by atoms with E-state index in [1.54, 1.807) is 4.90 Å². The number of allylic oxidation sites excluding steroid dienone is 2. The van der Waals surface area contributed by atoms with Crippen molar-refractivity contribution in [1.29, 1.82) is 0 Å². The van der Waals surface area contributed by atoms with Crippen molar-refractivity contribution in [2.75, 3.05) is 11.9 Å². The molecule has 0 heterocycles. The summed E-state index contributed by atoms with van der Waals surface area (Å²) < 4.78 is 1.11. The van der Waals surface area contributed by atoms with E-state index in [0.717, 1.165) is 28.5 Å². The van der Waals surface area contributed by atoms with E-state index >= 15 is 0 Å². The maximum absolute atomic E-state index is 12.0. The summed E-state index contributed by atoms with van der Waals surface area (Å²) in [5.74, 6) is 0.194. The summed E-state index contributed by atoms with van der Waals surface area (Å²) in [5.41, 5.74) is 0.997. The fraction of sp³-hybridized carbons (Fsp3) is 0.400. The van der Waals surface area contributed by atoms with E-state index in [-0.39, 0.29) is 5.91 Å². The molecule has 0 spiro atoms. The van der Waals surface area contributed by atoms with Crippen molar-refractivity contribution >= 4 is 34.2 Å². The van der Waals surface area contributed by atoms with Gasteiger partial charge in [-0.2, -0.15) is 0 Å². The lowest BCUT2D eigenvalue weighted by Gasteiger charge is -2.18. The molecule has 0 atom stereocenters. The van der Waals surface area contributed by atoms with Gasteiger partial charge >= 0.3 is 0 Å². The number of hydrogen-bond donors (Lipinski definition) is 0. The smallest absolute Gasteiger partial charge is 0.226 e. The van der Waals surface area contributed by atoms with Gasteiger partial charge in [0.25, 0.3) is 0 Å². The van der Waals surface area contributed by atoms with Gasteiger partial charge in [-0.25, -0.2) is 0 Å². The second kappa shape index (κ2) is 8.29. The monoisotopic (exact) mass is 357 g/mol. The first kappa shape index (κ1) is 15.2. The van der Waals surface area contributed by atoms with Crippen LogP contribution < -0.4 is 4.90 Å². The minimum Gasteiger partial charge on any atom is -0.314 e. The Kier molecular flexibility index (Phi) is 7.01. The zero-order chi connectivity index (χ0) is 13.4. The second-order valence-electron chi connectivity index (χ2n) is 4.22. The van der Waals surface area contributed by atoms with Gasteiger partial charge in [-0.05, 0) is 60.9 Å². The van der Waals surface area contributed by atoms with Crippen molar-refractivity contribution in [2.24, 2.45) is 0 Å². The van der Waals surface area contributed by atoms with Crippen molar-refractivity contribution in [1.82, 2.24) is 0 Å². The van der Waals surface area contributed by atoms with Gasteiger partial charge in [0.2, 0.25) is 5.91 Å². The van der Waals surface area contributed by atoms with Crippen LogP contribution in [0.1, 0.15) is 32.6 Å². The molecule has 1 rings (SSSR count). The number of para-hydroxylation sites is 1. The van der Waals surface area contributed by atoms with Crippen LogP contribution in [0.5, 0.6) is 0 Å². The Balaban J connectivity index is 2.44. The predicted octanol–water partition coefficient (Wildman–Crippen LogP) is 4.39. The number of halogens is 1. The van der Waals surface area contributed by atoms with Gasteiger partial charge < -0.3 is 4.90 Å². The van der Waals surface area contributed by atoms with Crippen molar-refractivity contribution in [3.8, 4) is 0 Å². The van der Waals surface area contributed by atoms with Crippen LogP contribution in [0.25, 0.3) is 0 Å². The molecule has 0 aliphatic heterocycles. The summed E-state index contributed by atoms with van der Waals surface area (Å²) in [6.45, 7) is 2.02. The Morgan fingerprint density at radius 3 is 2.72 bits per heavy atom. The molecule has 2 nitrogen and oxygen atoms in total. The van der Waals surface area contributed by atoms with Crippen LogP contribution in [-0.2, 0) is 4.79 Å². The molecule has 98 valence electrons. The molecule has 18 heavy (non-hydrogen) atoms. The molecule has 0 bridgehead atoms. The number of rotatable bonds is 6. The summed E-state index contributed by atoms with van der Waals surface area (Å²) in [4.78, 5) is 13.8. The van der Waals surface area contributed by atoms with Crippen molar-refractivity contribution in [3.05, 3.63) is 40.0 Å². The standard InChI is InChI=1S/C15H20INO/c1-3-4-5-6-7-12-15(18)17(2)14-11-9-8-10-13(14)16/h3-4,8-11H,5-7,12H2,1-2H3/b4-3+. The number of carbonyl (C=O) groups excluding carboxylic acids is 1. The third-order valence-electron chi connectivity index (χ3n) is 2.84. The normalized spacial score (nSPS) is 10.8. The van der Waals surface area contributed by atoms with Gasteiger partial charge in [-0.1, -0.05) is 24.3 Å². The summed E-state index contributed by atoms with van der Waals surface area (Å²) in [5, 5.41) is 0. The number of hydrogen-bond acceptors (Lipinski definition) is 1. The highest BCUT2D eigenvalue weighted by atomic mass is 127. The third-order valence-corrected chi connectivity index (χ3v) is 3.75. The van der Waals surface area contributed by atoms with Crippen LogP contribution in [0.3, 0.4) is 0 Å². The summed E-state index contributed by atoms with van der Waals surface area (Å²) in [7, 11) is 1.85. The number of anilines is 1. The van der Waals surface area contributed by atoms with Gasteiger partial charge in [0, 0.05) is 17.0 Å². The van der Waals surface area contributed by atoms with Crippen LogP contribution in [0.15, 0.2) is 36.4 Å². The fourth-order valence-corrected chi connectivity index (χ4v) is 2.48. The van der Waals surface area contributed by atoms with Gasteiger partial charge in [0.05, 0.1) is 5.69 Å². The molecular formula is C15H20INO. The number of benzene rings is 1. The number of amides is 1. The summed E-state index contributed by atoms with van der Waals surface area (Å²) in [6.07, 6.45) is 7.93. The minimum absolute atomic E-state index is 0.194. The molecule has 0 N–H and O–H groups in total. The highest BCUT2D eigenvalue weighted by molar-refractivity contribution is 14.1. The van der Waals surface area contributed by atoms with E-state index in [2.05, 4.69) is 34.7 Å². The number of unbranched alkanes of at least 4 members (excludes halogenated alkanes) is 2. The molecule has 0 fully saturated rings. The number of carbonyl (C=O) groups is 1. The molecule has 3 heteroatoms. The quantitative estimate of drug-likeness (QED) is 0.420. The lowest BCUT2D eigenvalue weighted by Crippen LogP contribution is -2.26. The van der Waals surface area contributed by atoms with E-state index in [9.17, 15) is 4.79 Å². The lowest BCUT2D eigenvalue weighted by atomic mass is 10.1. The molecule has 0 aliphatic rings. The number of nitrogens with zero attached hydrogens (tertiary/aromatic N) is 1. The Bertz CT molecular complexity index is 415. The van der Waals surface area contributed by atoms with E-state index in [0.29, 0.717) is 6.42 Å². The molecule has 0 aromatic heterocycles. The molecule has 0 aliphatic carbocycles. The largest absolute Gasteiger partial charge is 0.314 e. The first-order valence-corrected chi connectivity index (χ1v) is 7.37. The highest BCUT2D eigenvalue weighted by Gasteiger charge is 2.12. The van der Waals surface area contributed by atoms with E-state index in [1.807, 2.05) is 38.2 Å². The van der Waals surface area contributed by atoms with Crippen LogP contribution >= 0.6 is 22.6 Å². The first-order valence-electron chi connectivity index (χ1n) is 6.29. The molecule has 0 radical (unpaired) electrons. The van der Waals surface area contributed by atoms with Crippen LogP contribution in [0, 0.1) is 3.57 Å². The molecular weight excluding hydrogens is 337 g/mol. The van der Waals surface area contributed by atoms with Gasteiger partial charge in [0.15, 0.2) is 0 Å². The molecule has 1 aromatic carbocycles. The predicted molar refractivity (Wildman–Crippen MR) is 85.9 cm³/mol. The maximum Gasteiger partial charge on any atom is 0.226 e. The fourth-order valence-electron chi connectivity index (χ4n) is 1.73. The molecule has 0 saturated heterocycles. The molecule has 1 aromatic rings. The average molecular weight is 357 g/mol. The van der Waals surface area contributed by atoms with Crippen LogP contribution in [0.2, 0.25) is 0 Å². The Hall–Kier alpha value is -0.840. The molecule has 0 saturated carbocycles. The van der Waals surface area contributed by atoms with Crippen LogP contribution in [0.4, 0.5) is 5.69 Å². The van der Waals surface area contributed by atoms with Gasteiger partial charge in [-0.3, -0.25) is 4.79 Å². The Morgan fingerprint density at radius 2 is 2.06 bits per heavy atom. The van der Waals surface area contributed by atoms with Crippen molar-refractivity contribution < 1.29 is 4.79 Å². The van der Waals surface area contributed by atoms with E-state index in [1.165, 1.54) is 0 Å². The maximum atomic E-state index is 12.0. The van der Waals surface area contributed by atoms with E-state index < -0.39 is 0 Å². The first-order chi connectivity index (χ1) is 8.66. The van der Waals surface area contributed by atoms with Gasteiger partial charge in [-0.15, -0.1) is 0 Å². The second-order valence-corrected chi connectivity index (χ2v) is 5.38.